The van der Waals surface area contributed by atoms with Crippen LogP contribution in [0.5, 0.6) is 0 Å². The Balaban J connectivity index is 4.33. The minimum absolute atomic E-state index is 0.0105. The molecule has 0 aromatic heterocycles. The number of rotatable bonds is 41. The summed E-state index contributed by atoms with van der Waals surface area (Å²) in [5.74, 6) is -0.365. The summed E-state index contributed by atoms with van der Waals surface area (Å²) in [6.45, 7) is 5.13. The fourth-order valence-electron chi connectivity index (χ4n) is 5.58. The first-order valence-corrected chi connectivity index (χ1v) is 24.4. The molecule has 8 nitrogen and oxygen atoms in total. The van der Waals surface area contributed by atoms with Crippen molar-refractivity contribution in [2.75, 3.05) is 54.1 Å². The van der Waals surface area contributed by atoms with Gasteiger partial charge in [0.2, 0.25) is 0 Å². The van der Waals surface area contributed by atoms with Gasteiger partial charge < -0.3 is 27.9 Å². The third kappa shape index (κ3) is 46.3. The Labute approximate surface area is 362 Å². The van der Waals surface area contributed by atoms with E-state index in [1.165, 1.54) is 25.7 Å². The van der Waals surface area contributed by atoms with E-state index in [2.05, 4.69) is 111 Å². The highest BCUT2D eigenvalue weighted by Gasteiger charge is 2.20. The van der Waals surface area contributed by atoms with E-state index in [-0.39, 0.29) is 32.2 Å². The van der Waals surface area contributed by atoms with Crippen molar-refractivity contribution in [1.82, 2.24) is 0 Å². The Morgan fingerprint density at radius 3 is 1.47 bits per heavy atom. The van der Waals surface area contributed by atoms with Gasteiger partial charge >= 0.3 is 5.97 Å². The summed E-state index contributed by atoms with van der Waals surface area (Å²) >= 11 is 0. The normalized spacial score (nSPS) is 14.6. The summed E-state index contributed by atoms with van der Waals surface area (Å²) in [4.78, 5) is 25.1. The Hall–Kier alpha value is -2.58. The maximum Gasteiger partial charge on any atom is 0.306 e. The maximum atomic E-state index is 12.7. The molecule has 0 aromatic rings. The molecule has 0 saturated heterocycles. The van der Waals surface area contributed by atoms with E-state index >= 15 is 0 Å². The monoisotopic (exact) mass is 844 g/mol. The molecule has 0 radical (unpaired) electrons. The van der Waals surface area contributed by atoms with E-state index in [1.54, 1.807) is 0 Å². The molecule has 0 fully saturated rings. The van der Waals surface area contributed by atoms with Crippen molar-refractivity contribution in [2.45, 2.75) is 161 Å². The lowest BCUT2D eigenvalue weighted by molar-refractivity contribution is -0.870. The zero-order chi connectivity index (χ0) is 43.4. The average molecular weight is 844 g/mol. The van der Waals surface area contributed by atoms with Crippen molar-refractivity contribution in [1.29, 1.82) is 0 Å². The van der Waals surface area contributed by atoms with Gasteiger partial charge in [-0.15, -0.1) is 0 Å². The molecule has 0 N–H and O–H groups in total. The first-order chi connectivity index (χ1) is 28.6. The van der Waals surface area contributed by atoms with Gasteiger partial charge in [0.1, 0.15) is 19.3 Å². The van der Waals surface area contributed by atoms with Crippen molar-refractivity contribution >= 4 is 13.8 Å². The fourth-order valence-corrected chi connectivity index (χ4v) is 6.31. The summed E-state index contributed by atoms with van der Waals surface area (Å²) in [5, 5.41) is 0. The molecule has 2 unspecified atom stereocenters. The number of hydrogen-bond acceptors (Lipinski definition) is 7. The number of phosphoric ester groups is 1. The Morgan fingerprint density at radius 1 is 0.542 bits per heavy atom. The average Bonchev–Trinajstić information content (AvgIpc) is 3.19. The molecule has 9 heteroatoms. The van der Waals surface area contributed by atoms with Gasteiger partial charge in [-0.1, -0.05) is 150 Å². The van der Waals surface area contributed by atoms with E-state index in [0.717, 1.165) is 109 Å². The lowest BCUT2D eigenvalue weighted by Gasteiger charge is -2.28. The molecule has 0 heterocycles. The number of likely N-dealkylation sites (N-methyl/N-ethyl adjacent to an activating group) is 1. The first kappa shape index (κ1) is 56.4. The minimum atomic E-state index is -4.55. The van der Waals surface area contributed by atoms with Crippen LogP contribution in [0.1, 0.15) is 155 Å². The van der Waals surface area contributed by atoms with Gasteiger partial charge in [-0.25, -0.2) is 0 Å². The SMILES string of the molecule is CC/C=C\C/C=C\C/C=C\C/C=C\C/C=C\C/C=C\CCCCCOCC(COP(=O)([O-])OCC[N+](C)(C)C)OC(=O)CCCCCCC/C=C\C/C=C\CCCCC. The van der Waals surface area contributed by atoms with Crippen molar-refractivity contribution in [3.63, 3.8) is 0 Å². The smallest absolute Gasteiger partial charge is 0.306 e. The van der Waals surface area contributed by atoms with Gasteiger partial charge in [0.15, 0.2) is 0 Å². The van der Waals surface area contributed by atoms with Crippen LogP contribution in [0.25, 0.3) is 0 Å². The highest BCUT2D eigenvalue weighted by molar-refractivity contribution is 7.45. The van der Waals surface area contributed by atoms with Gasteiger partial charge in [0.05, 0.1) is 34.4 Å². The maximum absolute atomic E-state index is 12.7. The van der Waals surface area contributed by atoms with E-state index in [9.17, 15) is 14.3 Å². The number of carbonyl (C=O) groups is 1. The van der Waals surface area contributed by atoms with Crippen LogP contribution in [0.3, 0.4) is 0 Å². The second-order valence-corrected chi connectivity index (χ2v) is 17.4. The highest BCUT2D eigenvalue weighted by atomic mass is 31.2. The molecule has 338 valence electrons. The number of ether oxygens (including phenoxy) is 2. The van der Waals surface area contributed by atoms with Crippen molar-refractivity contribution < 1.29 is 37.3 Å². The van der Waals surface area contributed by atoms with Gasteiger partial charge in [-0.05, 0) is 96.3 Å². The van der Waals surface area contributed by atoms with Gasteiger partial charge in [0, 0.05) is 13.0 Å². The van der Waals surface area contributed by atoms with Crippen LogP contribution < -0.4 is 4.89 Å². The summed E-state index contributed by atoms with van der Waals surface area (Å²) in [5.41, 5.74) is 0. The first-order valence-electron chi connectivity index (χ1n) is 23.0. The molecule has 0 spiro atoms. The molecule has 59 heavy (non-hydrogen) atoms. The molecule has 0 bridgehead atoms. The summed E-state index contributed by atoms with van der Waals surface area (Å²) in [6, 6.07) is 0. The molecule has 0 aliphatic carbocycles. The van der Waals surface area contributed by atoms with E-state index in [0.29, 0.717) is 17.6 Å². The van der Waals surface area contributed by atoms with Crippen LogP contribution in [-0.4, -0.2) is 70.7 Å². The molecule has 0 amide bonds. The number of carbonyl (C=O) groups excluding carboxylic acids is 1. The van der Waals surface area contributed by atoms with Crippen molar-refractivity contribution in [3.8, 4) is 0 Å². The molecule has 0 saturated carbocycles. The van der Waals surface area contributed by atoms with Gasteiger partial charge in [-0.3, -0.25) is 9.36 Å². The molecule has 0 aromatic carbocycles. The van der Waals surface area contributed by atoms with Crippen LogP contribution >= 0.6 is 7.82 Å². The number of esters is 1. The molecular weight excluding hydrogens is 758 g/mol. The number of nitrogens with zero attached hydrogens (tertiary/aromatic N) is 1. The molecule has 0 rings (SSSR count). The van der Waals surface area contributed by atoms with Gasteiger partial charge in [0.25, 0.3) is 7.82 Å². The van der Waals surface area contributed by atoms with Crippen LogP contribution in [0.15, 0.2) is 97.2 Å². The number of unbranched alkanes of at least 4 members (excludes halogenated alkanes) is 11. The number of quaternary nitrogens is 1. The van der Waals surface area contributed by atoms with Crippen molar-refractivity contribution in [3.05, 3.63) is 97.2 Å². The van der Waals surface area contributed by atoms with Crippen LogP contribution in [0, 0.1) is 0 Å². The van der Waals surface area contributed by atoms with E-state index in [4.69, 9.17) is 18.5 Å². The largest absolute Gasteiger partial charge is 0.756 e. The lowest BCUT2D eigenvalue weighted by Crippen LogP contribution is -2.37. The second kappa shape index (κ2) is 42.1. The number of phosphoric acid groups is 1. The Bertz CT molecular complexity index is 1260. The van der Waals surface area contributed by atoms with E-state index < -0.39 is 13.9 Å². The topological polar surface area (TPSA) is 94.1 Å². The molecular formula is C50H86NO7P. The standard InChI is InChI=1S/C50H86NO7P/c1-6-8-10-12-14-16-18-20-22-23-24-25-26-27-28-30-32-34-36-38-40-42-45-55-47-49(48-57-59(53,54)56-46-44-51(3,4)5)58-50(52)43-41-39-37-35-33-31-29-21-19-17-15-13-11-9-7-2/h8,10,14-17,20-22,24-25,27-29,32,34,49H,6-7,9,11-13,18-19,23,26,30-31,33,35-48H2,1-5H3/b10-8-,16-14-,17-15-,22-20-,25-24-,28-27-,29-21-,34-32-. The van der Waals surface area contributed by atoms with Crippen molar-refractivity contribution in [2.24, 2.45) is 0 Å². The molecule has 0 aliphatic heterocycles. The molecule has 0 aliphatic rings. The highest BCUT2D eigenvalue weighted by Crippen LogP contribution is 2.38. The minimum Gasteiger partial charge on any atom is -0.756 e. The Kier molecular flexibility index (Phi) is 40.3. The third-order valence-electron chi connectivity index (χ3n) is 9.12. The summed E-state index contributed by atoms with van der Waals surface area (Å²) < 4.78 is 34.6. The van der Waals surface area contributed by atoms with Crippen LogP contribution in [0.4, 0.5) is 0 Å². The predicted octanol–water partition coefficient (Wildman–Crippen LogP) is 13.2. The number of allylic oxidation sites excluding steroid dienone is 16. The second-order valence-electron chi connectivity index (χ2n) is 16.0. The zero-order valence-corrected chi connectivity index (χ0v) is 39.1. The van der Waals surface area contributed by atoms with Crippen LogP contribution in [-0.2, 0) is 27.9 Å². The fraction of sp³-hybridized carbons (Fsp3) is 0.660. The molecule has 2 atom stereocenters. The summed E-state index contributed by atoms with van der Waals surface area (Å²) in [6.07, 6.45) is 57.1. The zero-order valence-electron chi connectivity index (χ0n) is 38.2. The lowest BCUT2D eigenvalue weighted by atomic mass is 10.1. The van der Waals surface area contributed by atoms with E-state index in [1.807, 2.05) is 21.1 Å². The quantitative estimate of drug-likeness (QED) is 0.0199. The third-order valence-corrected chi connectivity index (χ3v) is 10.1. The number of hydrogen-bond donors (Lipinski definition) is 0. The van der Waals surface area contributed by atoms with Gasteiger partial charge in [-0.2, -0.15) is 0 Å². The predicted molar refractivity (Wildman–Crippen MR) is 249 cm³/mol. The Morgan fingerprint density at radius 2 is 0.983 bits per heavy atom. The van der Waals surface area contributed by atoms with Crippen LogP contribution in [0.2, 0.25) is 0 Å². The summed E-state index contributed by atoms with van der Waals surface area (Å²) in [7, 11) is 1.30.